The molecular weight excluding hydrogens is 348 g/mol. The van der Waals surface area contributed by atoms with Crippen molar-refractivity contribution in [3.05, 3.63) is 0 Å². The molecule has 150 valence electrons. The van der Waals surface area contributed by atoms with Crippen LogP contribution < -0.4 is 0 Å². The van der Waals surface area contributed by atoms with Crippen LogP contribution in [0.5, 0.6) is 0 Å². The lowest BCUT2D eigenvalue weighted by molar-refractivity contribution is -0.0810. The molecule has 4 nitrogen and oxygen atoms in total. The number of aliphatic hydroxyl groups excluding tert-OH is 1. The Bertz CT molecular complexity index is 451. The summed E-state index contributed by atoms with van der Waals surface area (Å²) in [5, 5.41) is 10.1. The molecule has 25 heavy (non-hydrogen) atoms. The minimum absolute atomic E-state index is 0.00499. The average Bonchev–Trinajstić information content (AvgIpc) is 2.70. The highest BCUT2D eigenvalue weighted by molar-refractivity contribution is 6.74. The lowest BCUT2D eigenvalue weighted by atomic mass is 10.0. The third-order valence-electron chi connectivity index (χ3n) is 6.46. The van der Waals surface area contributed by atoms with Gasteiger partial charge in [0, 0.05) is 6.42 Å². The van der Waals surface area contributed by atoms with Gasteiger partial charge in [-0.2, -0.15) is 0 Å². The second-order valence-corrected chi connectivity index (χ2v) is 20.5. The Labute approximate surface area is 157 Å². The zero-order valence-corrected chi connectivity index (χ0v) is 20.4. The van der Waals surface area contributed by atoms with Gasteiger partial charge in [-0.15, -0.1) is 0 Å². The maximum Gasteiger partial charge on any atom is 0.192 e. The van der Waals surface area contributed by atoms with Crippen LogP contribution in [-0.2, 0) is 13.6 Å². The molecule has 6 heteroatoms. The minimum atomic E-state index is -1.90. The van der Waals surface area contributed by atoms with Crippen LogP contribution in [0.3, 0.4) is 0 Å². The molecule has 3 atom stereocenters. The quantitative estimate of drug-likeness (QED) is 0.653. The molecule has 0 aliphatic carbocycles. The Hall–Kier alpha value is 0.274. The summed E-state index contributed by atoms with van der Waals surface area (Å²) in [5.74, 6) is 0. The van der Waals surface area contributed by atoms with Crippen LogP contribution in [0.2, 0.25) is 36.3 Å². The highest BCUT2D eigenvalue weighted by atomic mass is 28.4. The maximum atomic E-state index is 9.80. The smallest absolute Gasteiger partial charge is 0.192 e. The monoisotopic (exact) mass is 390 g/mol. The summed E-state index contributed by atoms with van der Waals surface area (Å²) in [6.45, 7) is 25.1. The van der Waals surface area contributed by atoms with Crippen molar-refractivity contribution in [1.29, 1.82) is 0 Å². The van der Waals surface area contributed by atoms with E-state index in [1.807, 2.05) is 0 Å². The van der Waals surface area contributed by atoms with Crippen LogP contribution in [0, 0.1) is 0 Å². The summed E-state index contributed by atoms with van der Waals surface area (Å²) in [6.07, 6.45) is 0.459. The van der Waals surface area contributed by atoms with Crippen molar-refractivity contribution in [1.82, 2.24) is 0 Å². The van der Waals surface area contributed by atoms with Crippen LogP contribution in [0.4, 0.5) is 0 Å². The molecule has 1 N–H and O–H groups in total. The standard InChI is InChI=1S/C19H42O4Si2/c1-17(2,3)24(8,9)21-14-19(7)12-15(16(13-20)22-19)23-25(10,11)18(4,5)6/h15-16,20H,12-14H2,1-11H3/t15-,16-,19-/m1/s1. The molecule has 0 aromatic carbocycles. The number of ether oxygens (including phenoxy) is 1. The Morgan fingerprint density at radius 1 is 1.00 bits per heavy atom. The molecule has 1 aliphatic heterocycles. The topological polar surface area (TPSA) is 47.9 Å². The Kier molecular flexibility index (Phi) is 6.86. The van der Waals surface area contributed by atoms with Gasteiger partial charge in [-0.3, -0.25) is 0 Å². The van der Waals surface area contributed by atoms with E-state index in [2.05, 4.69) is 74.7 Å². The molecule has 0 aromatic heterocycles. The van der Waals surface area contributed by atoms with Gasteiger partial charge in [0.25, 0.3) is 0 Å². The summed E-state index contributed by atoms with van der Waals surface area (Å²) in [5.41, 5.74) is -0.393. The molecule has 1 saturated heterocycles. The number of rotatable bonds is 6. The predicted octanol–water partition coefficient (Wildman–Crippen LogP) is 4.94. The summed E-state index contributed by atoms with van der Waals surface area (Å²) in [7, 11) is -3.73. The SMILES string of the molecule is CC(C)(C)[Si](C)(C)OC[C@@]1(C)C[C@@H](O[Si](C)(C)C(C)(C)C)[C@@H](CO)O1. The first-order valence-electron chi connectivity index (χ1n) is 9.55. The zero-order valence-electron chi connectivity index (χ0n) is 18.4. The molecule has 0 saturated carbocycles. The van der Waals surface area contributed by atoms with E-state index in [0.29, 0.717) is 6.61 Å². The highest BCUT2D eigenvalue weighted by Crippen LogP contribution is 2.43. The Morgan fingerprint density at radius 3 is 1.88 bits per heavy atom. The number of aliphatic hydroxyl groups is 1. The van der Waals surface area contributed by atoms with Crippen molar-refractivity contribution >= 4 is 16.6 Å². The lowest BCUT2D eigenvalue weighted by Crippen LogP contribution is -2.46. The third-order valence-corrected chi connectivity index (χ3v) is 15.4. The average molecular weight is 391 g/mol. The normalized spacial score (nSPS) is 29.3. The zero-order chi connectivity index (χ0) is 19.9. The van der Waals surface area contributed by atoms with Gasteiger partial charge in [0.15, 0.2) is 16.6 Å². The second-order valence-electron chi connectivity index (χ2n) is 11.0. The second kappa shape index (κ2) is 7.36. The van der Waals surface area contributed by atoms with Gasteiger partial charge in [-0.1, -0.05) is 41.5 Å². The van der Waals surface area contributed by atoms with Gasteiger partial charge in [0.2, 0.25) is 0 Å². The molecule has 1 heterocycles. The molecule has 0 aromatic rings. The molecular formula is C19H42O4Si2. The van der Waals surface area contributed by atoms with E-state index in [-0.39, 0.29) is 28.9 Å². The van der Waals surface area contributed by atoms with Crippen LogP contribution in [-0.4, -0.2) is 52.8 Å². The van der Waals surface area contributed by atoms with E-state index in [1.165, 1.54) is 0 Å². The summed E-state index contributed by atoms with van der Waals surface area (Å²) < 4.78 is 19.2. The van der Waals surface area contributed by atoms with Crippen LogP contribution in [0.15, 0.2) is 0 Å². The van der Waals surface area contributed by atoms with Crippen molar-refractivity contribution in [2.45, 2.75) is 109 Å². The molecule has 0 bridgehead atoms. The molecule has 0 spiro atoms. The number of hydrogen-bond donors (Lipinski definition) is 1. The van der Waals surface area contributed by atoms with E-state index >= 15 is 0 Å². The van der Waals surface area contributed by atoms with Gasteiger partial charge >= 0.3 is 0 Å². The third kappa shape index (κ3) is 5.62. The lowest BCUT2D eigenvalue weighted by Gasteiger charge is -2.39. The molecule has 0 amide bonds. The van der Waals surface area contributed by atoms with E-state index in [0.717, 1.165) is 6.42 Å². The van der Waals surface area contributed by atoms with Gasteiger partial charge in [0.1, 0.15) is 6.10 Å². The van der Waals surface area contributed by atoms with Crippen molar-refractivity contribution in [2.24, 2.45) is 0 Å². The minimum Gasteiger partial charge on any atom is -0.414 e. The van der Waals surface area contributed by atoms with E-state index in [4.69, 9.17) is 13.6 Å². The predicted molar refractivity (Wildman–Crippen MR) is 110 cm³/mol. The fourth-order valence-corrected chi connectivity index (χ4v) is 4.96. The summed E-state index contributed by atoms with van der Waals surface area (Å²) in [4.78, 5) is 0. The molecule has 1 fully saturated rings. The van der Waals surface area contributed by atoms with Crippen LogP contribution in [0.25, 0.3) is 0 Å². The van der Waals surface area contributed by atoms with Gasteiger partial charge in [-0.05, 0) is 43.2 Å². The Morgan fingerprint density at radius 2 is 1.48 bits per heavy atom. The molecule has 0 unspecified atom stereocenters. The van der Waals surface area contributed by atoms with Crippen LogP contribution >= 0.6 is 0 Å². The van der Waals surface area contributed by atoms with Crippen molar-refractivity contribution < 1.29 is 18.7 Å². The molecule has 1 rings (SSSR count). The fraction of sp³-hybridized carbons (Fsp3) is 1.00. The highest BCUT2D eigenvalue weighted by Gasteiger charge is 2.49. The van der Waals surface area contributed by atoms with Crippen molar-refractivity contribution in [3.63, 3.8) is 0 Å². The van der Waals surface area contributed by atoms with Crippen molar-refractivity contribution in [2.75, 3.05) is 13.2 Å². The number of hydrogen-bond acceptors (Lipinski definition) is 4. The van der Waals surface area contributed by atoms with E-state index in [1.54, 1.807) is 0 Å². The van der Waals surface area contributed by atoms with Crippen molar-refractivity contribution in [3.8, 4) is 0 Å². The molecule has 1 aliphatic rings. The first kappa shape index (κ1) is 23.3. The summed E-state index contributed by atoms with van der Waals surface area (Å²) >= 11 is 0. The first-order chi connectivity index (χ1) is 10.9. The maximum absolute atomic E-state index is 9.80. The van der Waals surface area contributed by atoms with Gasteiger partial charge in [-0.25, -0.2) is 0 Å². The van der Waals surface area contributed by atoms with Gasteiger partial charge < -0.3 is 18.7 Å². The van der Waals surface area contributed by atoms with E-state index in [9.17, 15) is 5.11 Å². The molecule has 0 radical (unpaired) electrons. The fourth-order valence-electron chi connectivity index (χ4n) is 2.52. The Balaban J connectivity index is 2.82. The van der Waals surface area contributed by atoms with E-state index < -0.39 is 22.2 Å². The first-order valence-corrected chi connectivity index (χ1v) is 15.4. The van der Waals surface area contributed by atoms with Crippen LogP contribution in [0.1, 0.15) is 54.9 Å². The largest absolute Gasteiger partial charge is 0.414 e. The summed E-state index contributed by atoms with van der Waals surface area (Å²) in [6, 6.07) is 0. The van der Waals surface area contributed by atoms with Gasteiger partial charge in [0.05, 0.1) is 24.9 Å².